The predicted molar refractivity (Wildman–Crippen MR) is 89.6 cm³/mol. The van der Waals surface area contributed by atoms with Gasteiger partial charge in [0.25, 0.3) is 5.56 Å². The molecule has 0 saturated carbocycles. The molecule has 0 saturated heterocycles. The van der Waals surface area contributed by atoms with E-state index in [1.807, 2.05) is 45.3 Å². The summed E-state index contributed by atoms with van der Waals surface area (Å²) in [6.07, 6.45) is 0. The fourth-order valence-corrected chi connectivity index (χ4v) is 2.39. The lowest BCUT2D eigenvalue weighted by Crippen LogP contribution is -2.31. The van der Waals surface area contributed by atoms with Crippen LogP contribution in [0.25, 0.3) is 10.9 Å². The van der Waals surface area contributed by atoms with E-state index in [1.165, 1.54) is 0 Å². The van der Waals surface area contributed by atoms with Gasteiger partial charge < -0.3 is 15.0 Å². The molecule has 0 amide bonds. The zero-order valence-electron chi connectivity index (χ0n) is 13.7. The summed E-state index contributed by atoms with van der Waals surface area (Å²) < 4.78 is 6.88. The van der Waals surface area contributed by atoms with Gasteiger partial charge in [0.05, 0.1) is 23.6 Å². The van der Waals surface area contributed by atoms with Gasteiger partial charge in [-0.15, -0.1) is 0 Å². The third-order valence-electron chi connectivity index (χ3n) is 3.50. The number of benzene rings is 1. The van der Waals surface area contributed by atoms with Crippen LogP contribution in [0.3, 0.4) is 0 Å². The van der Waals surface area contributed by atoms with E-state index in [-0.39, 0.29) is 11.6 Å². The zero-order chi connectivity index (χ0) is 16.1. The molecule has 22 heavy (non-hydrogen) atoms. The van der Waals surface area contributed by atoms with E-state index in [0.717, 1.165) is 13.1 Å². The molecular weight excluding hydrogens is 280 g/mol. The van der Waals surface area contributed by atoms with Crippen molar-refractivity contribution in [3.8, 4) is 0 Å². The molecule has 0 aliphatic heterocycles. The van der Waals surface area contributed by atoms with E-state index < -0.39 is 0 Å². The molecule has 2 aromatic rings. The van der Waals surface area contributed by atoms with Crippen molar-refractivity contribution in [3.63, 3.8) is 0 Å². The SMILES string of the molecule is COC[C@@H](C)n1c(NCCN(C)C)nc2ccccc2c1=O. The van der Waals surface area contributed by atoms with Crippen molar-refractivity contribution in [2.45, 2.75) is 13.0 Å². The number of aromatic nitrogens is 2. The molecule has 1 N–H and O–H groups in total. The highest BCUT2D eigenvalue weighted by Gasteiger charge is 2.15. The largest absolute Gasteiger partial charge is 0.383 e. The molecular formula is C16H24N4O2. The van der Waals surface area contributed by atoms with E-state index in [9.17, 15) is 4.79 Å². The topological polar surface area (TPSA) is 59.4 Å². The zero-order valence-corrected chi connectivity index (χ0v) is 13.7. The highest BCUT2D eigenvalue weighted by Crippen LogP contribution is 2.15. The fourth-order valence-electron chi connectivity index (χ4n) is 2.39. The minimum atomic E-state index is -0.0866. The van der Waals surface area contributed by atoms with Gasteiger partial charge in [0.2, 0.25) is 5.95 Å². The van der Waals surface area contributed by atoms with E-state index in [1.54, 1.807) is 11.7 Å². The van der Waals surface area contributed by atoms with Crippen molar-refractivity contribution in [2.24, 2.45) is 0 Å². The van der Waals surface area contributed by atoms with Crippen LogP contribution in [-0.4, -0.2) is 55.4 Å². The maximum Gasteiger partial charge on any atom is 0.263 e. The van der Waals surface area contributed by atoms with Crippen LogP contribution in [0.2, 0.25) is 0 Å². The van der Waals surface area contributed by atoms with Crippen LogP contribution in [0, 0.1) is 0 Å². The number of para-hydroxylation sites is 1. The van der Waals surface area contributed by atoms with Crippen LogP contribution in [-0.2, 0) is 4.74 Å². The fraction of sp³-hybridized carbons (Fsp3) is 0.500. The Morgan fingerprint density at radius 3 is 2.77 bits per heavy atom. The standard InChI is InChI=1S/C16H24N4O2/c1-12(11-22-4)20-15(21)13-7-5-6-8-14(13)18-16(20)17-9-10-19(2)3/h5-8,12H,9-11H2,1-4H3,(H,17,18)/t12-/m1/s1. The van der Waals surface area contributed by atoms with Gasteiger partial charge in [-0.1, -0.05) is 12.1 Å². The van der Waals surface area contributed by atoms with Crippen molar-refractivity contribution in [3.05, 3.63) is 34.6 Å². The Morgan fingerprint density at radius 2 is 2.09 bits per heavy atom. The molecule has 6 nitrogen and oxygen atoms in total. The van der Waals surface area contributed by atoms with Gasteiger partial charge in [-0.3, -0.25) is 9.36 Å². The third kappa shape index (κ3) is 3.64. The quantitative estimate of drug-likeness (QED) is 0.841. The second kappa shape index (κ2) is 7.38. The molecule has 0 fully saturated rings. The molecule has 1 aromatic carbocycles. The van der Waals surface area contributed by atoms with Crippen molar-refractivity contribution >= 4 is 16.9 Å². The van der Waals surface area contributed by atoms with Gasteiger partial charge in [-0.25, -0.2) is 4.98 Å². The smallest absolute Gasteiger partial charge is 0.263 e. The lowest BCUT2D eigenvalue weighted by molar-refractivity contribution is 0.161. The number of hydrogen-bond acceptors (Lipinski definition) is 5. The summed E-state index contributed by atoms with van der Waals surface area (Å²) in [5, 5.41) is 3.90. The Balaban J connectivity index is 2.46. The molecule has 1 heterocycles. The van der Waals surface area contributed by atoms with Crippen LogP contribution in [0.5, 0.6) is 0 Å². The maximum absolute atomic E-state index is 12.8. The molecule has 0 spiro atoms. The summed E-state index contributed by atoms with van der Waals surface area (Å²) in [4.78, 5) is 19.5. The Kier molecular flexibility index (Phi) is 5.51. The molecule has 0 bridgehead atoms. The lowest BCUT2D eigenvalue weighted by atomic mass is 10.2. The number of nitrogens with zero attached hydrogens (tertiary/aromatic N) is 3. The summed E-state index contributed by atoms with van der Waals surface area (Å²) in [7, 11) is 5.65. The average Bonchev–Trinajstić information content (AvgIpc) is 2.47. The van der Waals surface area contributed by atoms with Crippen LogP contribution < -0.4 is 10.9 Å². The highest BCUT2D eigenvalue weighted by atomic mass is 16.5. The normalized spacial score (nSPS) is 12.8. The number of anilines is 1. The molecule has 0 aliphatic carbocycles. The number of hydrogen-bond donors (Lipinski definition) is 1. The molecule has 1 atom stereocenters. The van der Waals surface area contributed by atoms with Gasteiger partial charge in [-0.2, -0.15) is 0 Å². The summed E-state index contributed by atoms with van der Waals surface area (Å²) >= 11 is 0. The van der Waals surface area contributed by atoms with E-state index in [0.29, 0.717) is 23.5 Å². The molecule has 2 rings (SSSR count). The number of nitrogens with one attached hydrogen (secondary N) is 1. The second-order valence-corrected chi connectivity index (χ2v) is 5.66. The van der Waals surface area contributed by atoms with E-state index >= 15 is 0 Å². The van der Waals surface area contributed by atoms with Crippen molar-refractivity contribution in [1.29, 1.82) is 0 Å². The predicted octanol–water partition coefficient (Wildman–Crippen LogP) is 1.58. The van der Waals surface area contributed by atoms with Crippen LogP contribution in [0.15, 0.2) is 29.1 Å². The third-order valence-corrected chi connectivity index (χ3v) is 3.50. The van der Waals surface area contributed by atoms with Crippen LogP contribution in [0.1, 0.15) is 13.0 Å². The van der Waals surface area contributed by atoms with Gasteiger partial charge in [0.15, 0.2) is 0 Å². The summed E-state index contributed by atoms with van der Waals surface area (Å²) in [6, 6.07) is 7.33. The molecule has 0 unspecified atom stereocenters. The Morgan fingerprint density at radius 1 is 1.36 bits per heavy atom. The Labute approximate surface area is 130 Å². The van der Waals surface area contributed by atoms with Gasteiger partial charge >= 0.3 is 0 Å². The van der Waals surface area contributed by atoms with E-state index in [4.69, 9.17) is 4.74 Å². The number of ether oxygens (including phenoxy) is 1. The monoisotopic (exact) mass is 304 g/mol. The first-order valence-corrected chi connectivity index (χ1v) is 7.43. The summed E-state index contributed by atoms with van der Waals surface area (Å²) in [6.45, 7) is 4.00. The van der Waals surface area contributed by atoms with Gasteiger partial charge in [0.1, 0.15) is 0 Å². The first kappa shape index (κ1) is 16.5. The average molecular weight is 304 g/mol. The van der Waals surface area contributed by atoms with Crippen molar-refractivity contribution < 1.29 is 4.74 Å². The van der Waals surface area contributed by atoms with Crippen molar-refractivity contribution in [2.75, 3.05) is 46.2 Å². The summed E-state index contributed by atoms with van der Waals surface area (Å²) in [5.41, 5.74) is 0.670. The number of methoxy groups -OCH3 is 1. The molecule has 120 valence electrons. The molecule has 0 aliphatic rings. The second-order valence-electron chi connectivity index (χ2n) is 5.66. The number of rotatable bonds is 7. The Bertz CT molecular complexity index is 681. The Hall–Kier alpha value is -1.92. The van der Waals surface area contributed by atoms with Crippen LogP contribution in [0.4, 0.5) is 5.95 Å². The van der Waals surface area contributed by atoms with Crippen molar-refractivity contribution in [1.82, 2.24) is 14.5 Å². The molecule has 0 radical (unpaired) electrons. The first-order chi connectivity index (χ1) is 10.5. The van der Waals surface area contributed by atoms with Crippen LogP contribution >= 0.6 is 0 Å². The molecule has 1 aromatic heterocycles. The minimum Gasteiger partial charge on any atom is -0.383 e. The maximum atomic E-state index is 12.8. The lowest BCUT2D eigenvalue weighted by Gasteiger charge is -2.20. The van der Waals surface area contributed by atoms with Gasteiger partial charge in [-0.05, 0) is 33.2 Å². The minimum absolute atomic E-state index is 0.0393. The number of likely N-dealkylation sites (N-methyl/N-ethyl adjacent to an activating group) is 1. The molecule has 6 heteroatoms. The van der Waals surface area contributed by atoms with E-state index in [2.05, 4.69) is 15.2 Å². The first-order valence-electron chi connectivity index (χ1n) is 7.43. The van der Waals surface area contributed by atoms with Gasteiger partial charge in [0, 0.05) is 20.2 Å². The summed E-state index contributed by atoms with van der Waals surface area (Å²) in [5.74, 6) is 0.593. The highest BCUT2D eigenvalue weighted by molar-refractivity contribution is 5.78. The number of fused-ring (bicyclic) bond motifs is 1.